The first-order valence-electron chi connectivity index (χ1n) is 10.2. The highest BCUT2D eigenvalue weighted by Gasteiger charge is 2.42. The molecule has 2 aromatic carbocycles. The van der Waals surface area contributed by atoms with Crippen molar-refractivity contribution in [1.29, 1.82) is 0 Å². The quantitative estimate of drug-likeness (QED) is 0.598. The van der Waals surface area contributed by atoms with Gasteiger partial charge in [-0.2, -0.15) is 0 Å². The average Bonchev–Trinajstić information content (AvgIpc) is 3.32. The SMILES string of the molecule is COc1ccc(OC(C)C(=O)Nc2nc(-c3ccc4c(c3)C(C)(C)C(=O)N4C)cs2)cc1. The summed E-state index contributed by atoms with van der Waals surface area (Å²) >= 11 is 1.34. The molecule has 1 aromatic heterocycles. The Hall–Kier alpha value is -3.39. The van der Waals surface area contributed by atoms with Gasteiger partial charge in [0.25, 0.3) is 5.91 Å². The van der Waals surface area contributed by atoms with E-state index in [1.165, 1.54) is 11.3 Å². The first kappa shape index (κ1) is 21.8. The van der Waals surface area contributed by atoms with Crippen LogP contribution in [0.3, 0.4) is 0 Å². The van der Waals surface area contributed by atoms with Crippen molar-refractivity contribution < 1.29 is 19.1 Å². The lowest BCUT2D eigenvalue weighted by Crippen LogP contribution is -2.33. The van der Waals surface area contributed by atoms with Gasteiger partial charge in [-0.3, -0.25) is 14.9 Å². The minimum absolute atomic E-state index is 0.0710. The molecule has 2 amide bonds. The highest BCUT2D eigenvalue weighted by molar-refractivity contribution is 7.14. The maximum absolute atomic E-state index is 12.6. The van der Waals surface area contributed by atoms with Crippen LogP contribution in [0, 0.1) is 0 Å². The zero-order valence-corrected chi connectivity index (χ0v) is 19.4. The summed E-state index contributed by atoms with van der Waals surface area (Å²) < 4.78 is 10.8. The van der Waals surface area contributed by atoms with Gasteiger partial charge in [-0.1, -0.05) is 6.07 Å². The summed E-state index contributed by atoms with van der Waals surface area (Å²) in [6.07, 6.45) is -0.696. The van der Waals surface area contributed by atoms with Crippen LogP contribution in [-0.2, 0) is 15.0 Å². The molecule has 4 rings (SSSR count). The Labute approximate surface area is 191 Å². The van der Waals surface area contributed by atoms with Gasteiger partial charge in [0.05, 0.1) is 18.2 Å². The number of benzene rings is 2. The number of hydrogen-bond acceptors (Lipinski definition) is 6. The molecule has 1 aliphatic rings. The van der Waals surface area contributed by atoms with Crippen molar-refractivity contribution in [3.63, 3.8) is 0 Å². The molecule has 0 fully saturated rings. The number of fused-ring (bicyclic) bond motifs is 1. The van der Waals surface area contributed by atoms with Crippen LogP contribution in [0.1, 0.15) is 26.3 Å². The molecule has 7 nitrogen and oxygen atoms in total. The van der Waals surface area contributed by atoms with Gasteiger partial charge < -0.3 is 14.4 Å². The normalized spacial score (nSPS) is 15.3. The van der Waals surface area contributed by atoms with Gasteiger partial charge in [-0.15, -0.1) is 11.3 Å². The smallest absolute Gasteiger partial charge is 0.266 e. The van der Waals surface area contributed by atoms with Crippen LogP contribution in [0.2, 0.25) is 0 Å². The van der Waals surface area contributed by atoms with Gasteiger partial charge in [-0.25, -0.2) is 4.98 Å². The number of anilines is 2. The van der Waals surface area contributed by atoms with Crippen molar-refractivity contribution in [3.05, 3.63) is 53.4 Å². The van der Waals surface area contributed by atoms with E-state index in [4.69, 9.17) is 9.47 Å². The van der Waals surface area contributed by atoms with Crippen LogP contribution in [0.25, 0.3) is 11.3 Å². The standard InChI is InChI=1S/C24H25N3O4S/c1-14(31-17-9-7-16(30-5)8-10-17)21(28)26-23-25-19(13-32-23)15-6-11-20-18(12-15)24(2,3)22(29)27(20)4/h6-14H,1-5H3,(H,25,26,28). The number of likely N-dealkylation sites (N-methyl/N-ethyl adjacent to an activating group) is 1. The number of carbonyl (C=O) groups is 2. The molecule has 0 saturated heterocycles. The van der Waals surface area contributed by atoms with Crippen LogP contribution in [0.4, 0.5) is 10.8 Å². The van der Waals surface area contributed by atoms with Crippen molar-refractivity contribution in [3.8, 4) is 22.8 Å². The average molecular weight is 452 g/mol. The molecule has 0 saturated carbocycles. The summed E-state index contributed by atoms with van der Waals surface area (Å²) in [5.74, 6) is 1.08. The van der Waals surface area contributed by atoms with Crippen LogP contribution < -0.4 is 19.7 Å². The summed E-state index contributed by atoms with van der Waals surface area (Å²) in [6.45, 7) is 5.54. The minimum atomic E-state index is -0.696. The van der Waals surface area contributed by atoms with Crippen molar-refractivity contribution in [2.45, 2.75) is 32.3 Å². The van der Waals surface area contributed by atoms with E-state index >= 15 is 0 Å². The van der Waals surface area contributed by atoms with E-state index in [2.05, 4.69) is 10.3 Å². The van der Waals surface area contributed by atoms with E-state index in [-0.39, 0.29) is 11.8 Å². The number of nitrogens with one attached hydrogen (secondary N) is 1. The molecule has 0 spiro atoms. The fourth-order valence-corrected chi connectivity index (χ4v) is 4.44. The molecule has 2 heterocycles. The minimum Gasteiger partial charge on any atom is -0.497 e. The second-order valence-corrected chi connectivity index (χ2v) is 9.04. The van der Waals surface area contributed by atoms with Gasteiger partial charge in [0.2, 0.25) is 5.91 Å². The fourth-order valence-electron chi connectivity index (χ4n) is 3.72. The summed E-state index contributed by atoms with van der Waals surface area (Å²) in [4.78, 5) is 31.3. The Bertz CT molecular complexity index is 1170. The zero-order valence-electron chi connectivity index (χ0n) is 18.6. The number of aromatic nitrogens is 1. The molecule has 1 N–H and O–H groups in total. The number of carbonyl (C=O) groups excluding carboxylic acids is 2. The summed E-state index contributed by atoms with van der Waals surface area (Å²) in [5.41, 5.74) is 2.95. The highest BCUT2D eigenvalue weighted by Crippen LogP contribution is 2.42. The van der Waals surface area contributed by atoms with Gasteiger partial charge in [0.1, 0.15) is 11.5 Å². The third kappa shape index (κ3) is 3.93. The predicted octanol–water partition coefficient (Wildman–Crippen LogP) is 4.48. The van der Waals surface area contributed by atoms with Crippen molar-refractivity contribution in [1.82, 2.24) is 4.98 Å². The number of nitrogens with zero attached hydrogens (tertiary/aromatic N) is 2. The van der Waals surface area contributed by atoms with Gasteiger partial charge in [-0.05, 0) is 62.7 Å². The Morgan fingerprint density at radius 1 is 1.16 bits per heavy atom. The number of thiazole rings is 1. The molecule has 166 valence electrons. The zero-order chi connectivity index (χ0) is 23.0. The Kier molecular flexibility index (Phi) is 5.64. The monoisotopic (exact) mass is 451 g/mol. The summed E-state index contributed by atoms with van der Waals surface area (Å²) in [7, 11) is 3.39. The van der Waals surface area contributed by atoms with E-state index in [0.29, 0.717) is 10.9 Å². The highest BCUT2D eigenvalue weighted by atomic mass is 32.1. The number of methoxy groups -OCH3 is 1. The largest absolute Gasteiger partial charge is 0.497 e. The lowest BCUT2D eigenvalue weighted by atomic mass is 9.85. The second kappa shape index (κ2) is 8.27. The molecule has 3 aromatic rings. The van der Waals surface area contributed by atoms with Crippen LogP contribution in [0.15, 0.2) is 47.8 Å². The molecule has 0 bridgehead atoms. The lowest BCUT2D eigenvalue weighted by Gasteiger charge is -2.16. The van der Waals surface area contributed by atoms with E-state index in [1.54, 1.807) is 50.2 Å². The fraction of sp³-hybridized carbons (Fsp3) is 0.292. The van der Waals surface area contributed by atoms with E-state index in [9.17, 15) is 9.59 Å². The van der Waals surface area contributed by atoms with Crippen molar-refractivity contribution in [2.24, 2.45) is 0 Å². The van der Waals surface area contributed by atoms with Gasteiger partial charge in [0.15, 0.2) is 11.2 Å². The Morgan fingerprint density at radius 2 is 1.84 bits per heavy atom. The van der Waals surface area contributed by atoms with Gasteiger partial charge in [0, 0.05) is 23.7 Å². The summed E-state index contributed by atoms with van der Waals surface area (Å²) in [6, 6.07) is 12.9. The molecule has 0 radical (unpaired) electrons. The van der Waals surface area contributed by atoms with Crippen molar-refractivity contribution >= 4 is 34.0 Å². The number of amides is 2. The van der Waals surface area contributed by atoms with Gasteiger partial charge >= 0.3 is 0 Å². The number of hydrogen-bond donors (Lipinski definition) is 1. The van der Waals surface area contributed by atoms with E-state index in [0.717, 1.165) is 28.3 Å². The molecule has 0 aliphatic carbocycles. The predicted molar refractivity (Wildman–Crippen MR) is 126 cm³/mol. The first-order chi connectivity index (χ1) is 15.2. The van der Waals surface area contributed by atoms with E-state index < -0.39 is 11.5 Å². The maximum atomic E-state index is 12.6. The second-order valence-electron chi connectivity index (χ2n) is 8.18. The number of ether oxygens (including phenoxy) is 2. The Morgan fingerprint density at radius 3 is 2.53 bits per heavy atom. The lowest BCUT2D eigenvalue weighted by molar-refractivity contribution is -0.122. The molecule has 1 aliphatic heterocycles. The molecular formula is C24H25N3O4S. The first-order valence-corrected chi connectivity index (χ1v) is 11.1. The number of rotatable bonds is 6. The van der Waals surface area contributed by atoms with Crippen LogP contribution in [-0.4, -0.2) is 37.1 Å². The van der Waals surface area contributed by atoms with Crippen molar-refractivity contribution in [2.75, 3.05) is 24.4 Å². The van der Waals surface area contributed by atoms with Crippen LogP contribution in [0.5, 0.6) is 11.5 Å². The summed E-state index contributed by atoms with van der Waals surface area (Å²) in [5, 5.41) is 5.19. The third-order valence-corrected chi connectivity index (χ3v) is 6.40. The maximum Gasteiger partial charge on any atom is 0.266 e. The Balaban J connectivity index is 1.46. The topological polar surface area (TPSA) is 80.8 Å². The molecule has 1 unspecified atom stereocenters. The van der Waals surface area contributed by atoms with Crippen LogP contribution >= 0.6 is 11.3 Å². The third-order valence-electron chi connectivity index (χ3n) is 5.64. The molecule has 8 heteroatoms. The molecule has 1 atom stereocenters. The molecule has 32 heavy (non-hydrogen) atoms. The molecular weight excluding hydrogens is 426 g/mol. The van der Waals surface area contributed by atoms with E-state index in [1.807, 2.05) is 37.4 Å².